The molecule has 0 atom stereocenters. The maximum absolute atomic E-state index is 8.73. The van der Waals surface area contributed by atoms with Gasteiger partial charge in [-0.25, -0.2) is 0 Å². The van der Waals surface area contributed by atoms with Gasteiger partial charge in [0.25, 0.3) is 0 Å². The van der Waals surface area contributed by atoms with Crippen LogP contribution in [0, 0.1) is 11.3 Å². The predicted octanol–water partition coefficient (Wildman–Crippen LogP) is 2.82. The number of benzene rings is 1. The van der Waals surface area contributed by atoms with Gasteiger partial charge < -0.3 is 4.90 Å². The Bertz CT molecular complexity index is 606. The summed E-state index contributed by atoms with van der Waals surface area (Å²) in [6.07, 6.45) is 0. The molecule has 1 heterocycles. The van der Waals surface area contributed by atoms with Gasteiger partial charge in [0.05, 0.1) is 11.6 Å². The summed E-state index contributed by atoms with van der Waals surface area (Å²) in [5.74, 6) is 0.404. The highest BCUT2D eigenvalue weighted by molar-refractivity contribution is 6.32. The van der Waals surface area contributed by atoms with Crippen molar-refractivity contribution in [3.63, 3.8) is 0 Å². The molecular formula is C11H7Cl2N5. The van der Waals surface area contributed by atoms with Crippen LogP contribution >= 0.6 is 23.2 Å². The van der Waals surface area contributed by atoms with Crippen LogP contribution in [-0.4, -0.2) is 22.2 Å². The van der Waals surface area contributed by atoms with E-state index < -0.39 is 0 Å². The van der Waals surface area contributed by atoms with Gasteiger partial charge in [-0.15, -0.1) is 10.2 Å². The molecule has 0 bridgehead atoms. The normalized spacial score (nSPS) is 9.89. The van der Waals surface area contributed by atoms with Gasteiger partial charge in [0.2, 0.25) is 5.28 Å². The summed E-state index contributed by atoms with van der Waals surface area (Å²) in [5, 5.41) is 16.1. The Hall–Kier alpha value is -1.90. The van der Waals surface area contributed by atoms with Crippen molar-refractivity contribution >= 4 is 34.7 Å². The van der Waals surface area contributed by atoms with Crippen molar-refractivity contribution in [2.24, 2.45) is 0 Å². The molecule has 2 aromatic rings. The summed E-state index contributed by atoms with van der Waals surface area (Å²) in [7, 11) is 1.77. The lowest BCUT2D eigenvalue weighted by atomic mass is 10.2. The van der Waals surface area contributed by atoms with E-state index in [1.807, 2.05) is 6.07 Å². The molecule has 0 aliphatic heterocycles. The molecule has 5 nitrogen and oxygen atoms in total. The monoisotopic (exact) mass is 279 g/mol. The molecular weight excluding hydrogens is 273 g/mol. The van der Waals surface area contributed by atoms with E-state index in [0.717, 1.165) is 5.69 Å². The van der Waals surface area contributed by atoms with Crippen LogP contribution in [0.2, 0.25) is 10.4 Å². The Labute approximate surface area is 114 Å². The summed E-state index contributed by atoms with van der Waals surface area (Å²) >= 11 is 11.6. The van der Waals surface area contributed by atoms with Gasteiger partial charge in [-0.05, 0) is 35.9 Å². The number of nitrogens with zero attached hydrogens (tertiary/aromatic N) is 5. The summed E-state index contributed by atoms with van der Waals surface area (Å²) < 4.78 is 0. The first-order valence-corrected chi connectivity index (χ1v) is 5.67. The van der Waals surface area contributed by atoms with E-state index in [9.17, 15) is 0 Å². The SMILES string of the molecule is CN(c1ccc(C#N)cc1)c1nc(Cl)nnc1Cl. The number of halogens is 2. The minimum absolute atomic E-state index is 0.0231. The van der Waals surface area contributed by atoms with E-state index in [2.05, 4.69) is 15.2 Å². The van der Waals surface area contributed by atoms with Gasteiger partial charge in [-0.3, -0.25) is 0 Å². The lowest BCUT2D eigenvalue weighted by Crippen LogP contribution is -2.13. The second-order valence-corrected chi connectivity index (χ2v) is 4.11. The molecule has 0 saturated carbocycles. The first-order valence-electron chi connectivity index (χ1n) is 4.91. The third-order valence-corrected chi connectivity index (χ3v) is 2.71. The first kappa shape index (κ1) is 12.6. The zero-order chi connectivity index (χ0) is 13.1. The van der Waals surface area contributed by atoms with Gasteiger partial charge >= 0.3 is 0 Å². The maximum atomic E-state index is 8.73. The van der Waals surface area contributed by atoms with Crippen LogP contribution in [0.3, 0.4) is 0 Å². The summed E-state index contributed by atoms with van der Waals surface area (Å²) in [6.45, 7) is 0. The second kappa shape index (κ2) is 5.17. The van der Waals surface area contributed by atoms with Crippen molar-refractivity contribution in [1.29, 1.82) is 5.26 Å². The molecule has 0 aliphatic carbocycles. The van der Waals surface area contributed by atoms with E-state index in [1.165, 1.54) is 0 Å². The van der Waals surface area contributed by atoms with Crippen molar-refractivity contribution in [1.82, 2.24) is 15.2 Å². The molecule has 0 N–H and O–H groups in total. The Balaban J connectivity index is 2.38. The highest BCUT2D eigenvalue weighted by Gasteiger charge is 2.12. The van der Waals surface area contributed by atoms with E-state index in [1.54, 1.807) is 36.2 Å². The van der Waals surface area contributed by atoms with E-state index in [4.69, 9.17) is 28.5 Å². The lowest BCUT2D eigenvalue weighted by molar-refractivity contribution is 0.949. The third-order valence-electron chi connectivity index (χ3n) is 2.30. The van der Waals surface area contributed by atoms with Gasteiger partial charge in [0.1, 0.15) is 0 Å². The first-order chi connectivity index (χ1) is 8.61. The summed E-state index contributed by atoms with van der Waals surface area (Å²) in [5.41, 5.74) is 1.39. The largest absolute Gasteiger partial charge is 0.327 e. The molecule has 1 aromatic heterocycles. The van der Waals surface area contributed by atoms with Gasteiger partial charge in [-0.2, -0.15) is 10.2 Å². The third kappa shape index (κ3) is 2.50. The van der Waals surface area contributed by atoms with Crippen LogP contribution in [0.15, 0.2) is 24.3 Å². The molecule has 0 spiro atoms. The van der Waals surface area contributed by atoms with E-state index in [-0.39, 0.29) is 10.4 Å². The molecule has 0 aliphatic rings. The van der Waals surface area contributed by atoms with E-state index >= 15 is 0 Å². The molecule has 0 fully saturated rings. The molecule has 1 aromatic carbocycles. The van der Waals surface area contributed by atoms with Crippen molar-refractivity contribution < 1.29 is 0 Å². The highest BCUT2D eigenvalue weighted by Crippen LogP contribution is 2.27. The molecule has 0 saturated heterocycles. The zero-order valence-corrected chi connectivity index (χ0v) is 10.8. The molecule has 0 amide bonds. The second-order valence-electron chi connectivity index (χ2n) is 3.41. The fraction of sp³-hybridized carbons (Fsp3) is 0.0909. The molecule has 18 heavy (non-hydrogen) atoms. The number of anilines is 2. The molecule has 90 valence electrons. The zero-order valence-electron chi connectivity index (χ0n) is 9.30. The average Bonchev–Trinajstić information content (AvgIpc) is 2.41. The minimum Gasteiger partial charge on any atom is -0.327 e. The van der Waals surface area contributed by atoms with Crippen LogP contribution < -0.4 is 4.90 Å². The average molecular weight is 280 g/mol. The van der Waals surface area contributed by atoms with Crippen LogP contribution in [0.4, 0.5) is 11.5 Å². The van der Waals surface area contributed by atoms with Gasteiger partial charge in [0, 0.05) is 12.7 Å². The fourth-order valence-electron chi connectivity index (χ4n) is 1.38. The number of nitriles is 1. The van der Waals surface area contributed by atoms with Crippen molar-refractivity contribution in [3.05, 3.63) is 40.3 Å². The van der Waals surface area contributed by atoms with Crippen molar-refractivity contribution in [3.8, 4) is 6.07 Å². The quantitative estimate of drug-likeness (QED) is 0.846. The minimum atomic E-state index is 0.0231. The topological polar surface area (TPSA) is 65.7 Å². The maximum Gasteiger partial charge on any atom is 0.245 e. The number of hydrogen-bond acceptors (Lipinski definition) is 5. The van der Waals surface area contributed by atoms with Crippen LogP contribution in [0.1, 0.15) is 5.56 Å². The van der Waals surface area contributed by atoms with Crippen LogP contribution in [-0.2, 0) is 0 Å². The predicted molar refractivity (Wildman–Crippen MR) is 69.1 cm³/mol. The molecule has 7 heteroatoms. The molecule has 2 rings (SSSR count). The van der Waals surface area contributed by atoms with Crippen LogP contribution in [0.5, 0.6) is 0 Å². The number of hydrogen-bond donors (Lipinski definition) is 0. The highest BCUT2D eigenvalue weighted by atomic mass is 35.5. The van der Waals surface area contributed by atoms with Crippen LogP contribution in [0.25, 0.3) is 0 Å². The van der Waals surface area contributed by atoms with Gasteiger partial charge in [0.15, 0.2) is 11.0 Å². The Morgan fingerprint density at radius 1 is 1.17 bits per heavy atom. The smallest absolute Gasteiger partial charge is 0.245 e. The van der Waals surface area contributed by atoms with Crippen molar-refractivity contribution in [2.75, 3.05) is 11.9 Å². The standard InChI is InChI=1S/C11H7Cl2N5/c1-18(8-4-2-7(6-14)3-5-8)10-9(12)16-17-11(13)15-10/h2-5H,1H3. The number of rotatable bonds is 2. The Morgan fingerprint density at radius 2 is 1.83 bits per heavy atom. The molecule has 0 unspecified atom stereocenters. The Kier molecular flexibility index (Phi) is 3.60. The summed E-state index contributed by atoms with van der Waals surface area (Å²) in [4.78, 5) is 5.72. The fourth-order valence-corrected chi connectivity index (χ4v) is 1.71. The number of aromatic nitrogens is 3. The Morgan fingerprint density at radius 3 is 2.44 bits per heavy atom. The van der Waals surface area contributed by atoms with Gasteiger partial charge in [-0.1, -0.05) is 11.6 Å². The van der Waals surface area contributed by atoms with E-state index in [0.29, 0.717) is 11.4 Å². The summed E-state index contributed by atoms with van der Waals surface area (Å²) in [6, 6.07) is 9.02. The van der Waals surface area contributed by atoms with Crippen molar-refractivity contribution in [2.45, 2.75) is 0 Å². The molecule has 0 radical (unpaired) electrons. The lowest BCUT2D eigenvalue weighted by Gasteiger charge is -2.18.